The van der Waals surface area contributed by atoms with Crippen molar-refractivity contribution >= 4 is 32.3 Å². The molecule has 0 bridgehead atoms. The zero-order valence-corrected chi connectivity index (χ0v) is 24.4. The maximum absolute atomic E-state index is 9.40. The number of hydrogen-bond donors (Lipinski definition) is 0. The van der Waals surface area contributed by atoms with Crippen LogP contribution in [0.1, 0.15) is 11.1 Å². The van der Waals surface area contributed by atoms with Crippen LogP contribution in [0.5, 0.6) is 0 Å². The van der Waals surface area contributed by atoms with Gasteiger partial charge in [-0.25, -0.2) is 9.97 Å². The van der Waals surface area contributed by atoms with Crippen molar-refractivity contribution in [3.05, 3.63) is 145 Å². The van der Waals surface area contributed by atoms with Crippen LogP contribution in [0.3, 0.4) is 0 Å². The Hall–Kier alpha value is -6.76. The number of nitrogens with zero attached hydrogens (tertiary/aromatic N) is 6. The van der Waals surface area contributed by atoms with E-state index in [0.717, 1.165) is 77.3 Å². The first-order chi connectivity index (χ1) is 22.7. The second-order valence-corrected chi connectivity index (χ2v) is 11.0. The lowest BCUT2D eigenvalue weighted by Gasteiger charge is -2.16. The fraction of sp³-hybridized carbons (Fsp3) is 0. The highest BCUT2D eigenvalue weighted by atomic mass is 14.7. The van der Waals surface area contributed by atoms with E-state index in [9.17, 15) is 10.5 Å². The molecule has 6 heteroatoms. The van der Waals surface area contributed by atoms with Gasteiger partial charge in [-0.05, 0) is 80.8 Å². The minimum Gasteiger partial charge on any atom is -0.263 e. The van der Waals surface area contributed by atoms with Crippen LogP contribution in [0.25, 0.3) is 77.3 Å². The molecule has 8 rings (SSSR count). The summed E-state index contributed by atoms with van der Waals surface area (Å²) < 4.78 is 0. The molecule has 46 heavy (non-hydrogen) atoms. The predicted octanol–water partition coefficient (Wildman–Crippen LogP) is 9.14. The van der Waals surface area contributed by atoms with Gasteiger partial charge >= 0.3 is 0 Å². The van der Waals surface area contributed by atoms with Crippen LogP contribution in [0, 0.1) is 22.7 Å². The minimum absolute atomic E-state index is 0.496. The molecule has 0 aliphatic carbocycles. The van der Waals surface area contributed by atoms with Crippen molar-refractivity contribution in [2.75, 3.05) is 0 Å². The molecular formula is C40H22N6. The van der Waals surface area contributed by atoms with E-state index >= 15 is 0 Å². The van der Waals surface area contributed by atoms with Crippen molar-refractivity contribution in [2.24, 2.45) is 0 Å². The van der Waals surface area contributed by atoms with Crippen molar-refractivity contribution in [1.82, 2.24) is 19.9 Å². The van der Waals surface area contributed by atoms with Gasteiger partial charge < -0.3 is 0 Å². The average Bonchev–Trinajstić information content (AvgIpc) is 3.14. The molecule has 4 aromatic carbocycles. The quantitative estimate of drug-likeness (QED) is 0.191. The Kier molecular flexibility index (Phi) is 6.45. The van der Waals surface area contributed by atoms with E-state index in [0.29, 0.717) is 11.1 Å². The molecular weight excluding hydrogens is 564 g/mol. The molecule has 0 unspecified atom stereocenters. The van der Waals surface area contributed by atoms with E-state index in [1.54, 1.807) is 24.8 Å². The van der Waals surface area contributed by atoms with Crippen molar-refractivity contribution in [3.63, 3.8) is 0 Å². The van der Waals surface area contributed by atoms with E-state index < -0.39 is 0 Å². The third kappa shape index (κ3) is 4.59. The van der Waals surface area contributed by atoms with Crippen molar-refractivity contribution in [3.8, 4) is 57.2 Å². The van der Waals surface area contributed by atoms with Crippen LogP contribution < -0.4 is 0 Å². The third-order valence-electron chi connectivity index (χ3n) is 8.26. The summed E-state index contributed by atoms with van der Waals surface area (Å²) in [6.07, 6.45) is 6.58. The van der Waals surface area contributed by atoms with Gasteiger partial charge in [-0.2, -0.15) is 10.5 Å². The standard InChI is InChI=1S/C40H22N6/c41-19-25-15-27(23-43-21-25)37-11-5-13-39(45-37)35-18-34-30-8-2-4-10-32(30)36(17-33(34)29-7-1-3-9-31(29)35)40-14-6-12-38(46-40)28-16-26(20-42)22-44-24-28/h1-18,21-24H. The minimum atomic E-state index is 0.496. The summed E-state index contributed by atoms with van der Waals surface area (Å²) >= 11 is 0. The first-order valence-corrected chi connectivity index (χ1v) is 14.7. The van der Waals surface area contributed by atoms with Gasteiger partial charge in [0.05, 0.1) is 33.9 Å². The fourth-order valence-electron chi connectivity index (χ4n) is 6.15. The van der Waals surface area contributed by atoms with Crippen LogP contribution in [0.2, 0.25) is 0 Å². The van der Waals surface area contributed by atoms with Gasteiger partial charge in [0.1, 0.15) is 12.1 Å². The van der Waals surface area contributed by atoms with Gasteiger partial charge in [-0.15, -0.1) is 0 Å². The molecule has 0 amide bonds. The molecule has 212 valence electrons. The number of nitriles is 2. The topological polar surface area (TPSA) is 99.1 Å². The molecule has 0 atom stereocenters. The molecule has 0 spiro atoms. The molecule has 4 heterocycles. The van der Waals surface area contributed by atoms with Crippen LogP contribution in [0.15, 0.2) is 134 Å². The van der Waals surface area contributed by atoms with E-state index in [1.165, 1.54) is 0 Å². The summed E-state index contributed by atoms with van der Waals surface area (Å²) in [5, 5.41) is 25.4. The smallest absolute Gasteiger partial charge is 0.101 e. The fourth-order valence-corrected chi connectivity index (χ4v) is 6.15. The SMILES string of the molecule is N#Cc1cncc(-c2cccc(-c3cc4c5ccccc5c(-c5cccc(-c6cncc(C#N)c6)n5)cc4c4ccccc34)n2)c1. The average molecular weight is 587 g/mol. The Morgan fingerprint density at radius 1 is 0.391 bits per heavy atom. The number of aromatic nitrogens is 4. The van der Waals surface area contributed by atoms with E-state index in [1.807, 2.05) is 48.5 Å². The molecule has 0 aliphatic heterocycles. The normalized spacial score (nSPS) is 11.0. The van der Waals surface area contributed by atoms with Gasteiger partial charge in [0.15, 0.2) is 0 Å². The number of pyridine rings is 4. The van der Waals surface area contributed by atoms with Crippen molar-refractivity contribution < 1.29 is 0 Å². The number of hydrogen-bond acceptors (Lipinski definition) is 6. The molecule has 8 aromatic rings. The van der Waals surface area contributed by atoms with Gasteiger partial charge in [-0.1, -0.05) is 60.7 Å². The molecule has 4 aromatic heterocycles. The summed E-state index contributed by atoms with van der Waals surface area (Å²) in [4.78, 5) is 18.6. The van der Waals surface area contributed by atoms with Crippen molar-refractivity contribution in [1.29, 1.82) is 10.5 Å². The van der Waals surface area contributed by atoms with E-state index in [-0.39, 0.29) is 0 Å². The summed E-state index contributed by atoms with van der Waals surface area (Å²) in [7, 11) is 0. The number of rotatable bonds is 4. The molecule has 0 saturated heterocycles. The van der Waals surface area contributed by atoms with E-state index in [2.05, 4.69) is 82.8 Å². The number of benzene rings is 4. The summed E-state index contributed by atoms with van der Waals surface area (Å²) in [6, 6.07) is 41.2. The Balaban J connectivity index is 1.36. The zero-order valence-electron chi connectivity index (χ0n) is 24.4. The molecule has 0 radical (unpaired) electrons. The summed E-state index contributed by atoms with van der Waals surface area (Å²) in [5.41, 5.74) is 7.83. The van der Waals surface area contributed by atoms with Gasteiger partial charge in [0.25, 0.3) is 0 Å². The molecule has 0 aliphatic rings. The lowest BCUT2D eigenvalue weighted by atomic mass is 9.89. The monoisotopic (exact) mass is 586 g/mol. The maximum atomic E-state index is 9.40. The highest BCUT2D eigenvalue weighted by molar-refractivity contribution is 6.23. The number of fused-ring (bicyclic) bond motifs is 5. The van der Waals surface area contributed by atoms with Gasteiger partial charge in [0.2, 0.25) is 0 Å². The highest BCUT2D eigenvalue weighted by Gasteiger charge is 2.16. The molecule has 0 fully saturated rings. The summed E-state index contributed by atoms with van der Waals surface area (Å²) in [5.74, 6) is 0. The van der Waals surface area contributed by atoms with Crippen LogP contribution >= 0.6 is 0 Å². The second-order valence-electron chi connectivity index (χ2n) is 11.0. The highest BCUT2D eigenvalue weighted by Crippen LogP contribution is 2.41. The zero-order chi connectivity index (χ0) is 31.0. The lowest BCUT2D eigenvalue weighted by Crippen LogP contribution is -1.93. The first kappa shape index (κ1) is 26.8. The summed E-state index contributed by atoms with van der Waals surface area (Å²) in [6.45, 7) is 0. The van der Waals surface area contributed by atoms with Crippen LogP contribution in [-0.4, -0.2) is 19.9 Å². The van der Waals surface area contributed by atoms with Gasteiger partial charge in [-0.3, -0.25) is 9.97 Å². The van der Waals surface area contributed by atoms with Crippen LogP contribution in [-0.2, 0) is 0 Å². The largest absolute Gasteiger partial charge is 0.263 e. The Labute approximate surface area is 264 Å². The van der Waals surface area contributed by atoms with E-state index in [4.69, 9.17) is 9.97 Å². The maximum Gasteiger partial charge on any atom is 0.101 e. The Morgan fingerprint density at radius 3 is 1.24 bits per heavy atom. The Bertz CT molecular complexity index is 2390. The lowest BCUT2D eigenvalue weighted by molar-refractivity contribution is 1.27. The second kappa shape index (κ2) is 11.1. The third-order valence-corrected chi connectivity index (χ3v) is 8.26. The molecule has 0 saturated carbocycles. The first-order valence-electron chi connectivity index (χ1n) is 14.7. The van der Waals surface area contributed by atoms with Crippen LogP contribution in [0.4, 0.5) is 0 Å². The van der Waals surface area contributed by atoms with Gasteiger partial charge in [0, 0.05) is 47.0 Å². The molecule has 6 nitrogen and oxygen atoms in total. The molecule has 0 N–H and O–H groups in total. The Morgan fingerprint density at radius 2 is 0.804 bits per heavy atom. The van der Waals surface area contributed by atoms with Crippen molar-refractivity contribution in [2.45, 2.75) is 0 Å². The predicted molar refractivity (Wildman–Crippen MR) is 181 cm³/mol.